The molecule has 0 spiro atoms. The summed E-state index contributed by atoms with van der Waals surface area (Å²) < 4.78 is 20.1. The molecule has 2 aromatic heterocycles. The summed E-state index contributed by atoms with van der Waals surface area (Å²) in [6, 6.07) is 0. The van der Waals surface area contributed by atoms with Crippen LogP contribution in [0.3, 0.4) is 0 Å². The fourth-order valence-corrected chi connectivity index (χ4v) is 8.12. The van der Waals surface area contributed by atoms with Gasteiger partial charge in [0, 0.05) is 6.54 Å². The molecule has 0 saturated carbocycles. The molecule has 0 atom stereocenters. The van der Waals surface area contributed by atoms with E-state index in [4.69, 9.17) is 18.9 Å². The standard InChI is InChI=1S/C14H28N5O3PSi2/c1-24(2,3)21-23(22-25(4,5)6)11-20-8-7-19-10-18-12-13(15)16-9-17-14(12)19/h9-10H,7-8,11H2,1-6H3,(H2,15,16,17). The Morgan fingerprint density at radius 2 is 1.68 bits per heavy atom. The molecule has 0 aromatic carbocycles. The Hall–Kier alpha value is -0.906. The van der Waals surface area contributed by atoms with Crippen molar-refractivity contribution in [1.29, 1.82) is 0 Å². The predicted octanol–water partition coefficient (Wildman–Crippen LogP) is 3.40. The number of anilines is 1. The Balaban J connectivity index is 1.89. The van der Waals surface area contributed by atoms with Gasteiger partial charge < -0.3 is 23.5 Å². The van der Waals surface area contributed by atoms with Crippen molar-refractivity contribution < 1.29 is 13.2 Å². The second kappa shape index (κ2) is 8.19. The van der Waals surface area contributed by atoms with Gasteiger partial charge in [-0.05, 0) is 39.3 Å². The molecule has 2 aromatic rings. The van der Waals surface area contributed by atoms with Gasteiger partial charge >= 0.3 is 0 Å². The highest BCUT2D eigenvalue weighted by atomic mass is 31.2. The fraction of sp³-hybridized carbons (Fsp3) is 0.643. The first-order valence-corrected chi connectivity index (χ1v) is 16.4. The average Bonchev–Trinajstić information content (AvgIpc) is 2.85. The van der Waals surface area contributed by atoms with Crippen LogP contribution in [0.25, 0.3) is 11.2 Å². The van der Waals surface area contributed by atoms with Crippen molar-refractivity contribution in [1.82, 2.24) is 19.5 Å². The molecule has 0 aliphatic rings. The van der Waals surface area contributed by atoms with E-state index in [2.05, 4.69) is 54.2 Å². The van der Waals surface area contributed by atoms with Crippen LogP contribution in [0.4, 0.5) is 5.82 Å². The Morgan fingerprint density at radius 3 is 2.28 bits per heavy atom. The molecule has 8 nitrogen and oxygen atoms in total. The number of aromatic nitrogens is 4. The van der Waals surface area contributed by atoms with Crippen molar-refractivity contribution in [2.45, 2.75) is 45.8 Å². The summed E-state index contributed by atoms with van der Waals surface area (Å²) in [6.45, 7) is 14.1. The zero-order chi connectivity index (χ0) is 18.7. The van der Waals surface area contributed by atoms with Crippen molar-refractivity contribution in [3.63, 3.8) is 0 Å². The SMILES string of the molecule is C[Si](C)(C)OP(COCCn1cnc2c(N)ncnc21)O[Si](C)(C)C. The van der Waals surface area contributed by atoms with Crippen molar-refractivity contribution in [2.75, 3.05) is 18.7 Å². The number of rotatable bonds is 9. The molecule has 0 aliphatic heterocycles. The number of hydrogen-bond donors (Lipinski definition) is 1. The number of nitrogen functional groups attached to an aromatic ring is 1. The summed E-state index contributed by atoms with van der Waals surface area (Å²) in [6.07, 6.45) is 3.63. The third-order valence-corrected chi connectivity index (χ3v) is 9.26. The normalized spacial score (nSPS) is 13.1. The van der Waals surface area contributed by atoms with Crippen LogP contribution in [-0.2, 0) is 19.7 Å². The maximum Gasteiger partial charge on any atom is 0.191 e. The van der Waals surface area contributed by atoms with Crippen LogP contribution < -0.4 is 5.73 Å². The molecule has 0 saturated heterocycles. The minimum Gasteiger partial charge on any atom is -0.382 e. The van der Waals surface area contributed by atoms with E-state index in [1.807, 2.05) is 4.57 Å². The van der Waals surface area contributed by atoms with E-state index in [1.54, 1.807) is 6.33 Å². The maximum atomic E-state index is 6.17. The van der Waals surface area contributed by atoms with Crippen LogP contribution >= 0.6 is 8.38 Å². The smallest absolute Gasteiger partial charge is 0.191 e. The molecule has 0 radical (unpaired) electrons. The molecule has 0 amide bonds. The van der Waals surface area contributed by atoms with Crippen molar-refractivity contribution >= 4 is 42.0 Å². The topological polar surface area (TPSA) is 97.3 Å². The quantitative estimate of drug-likeness (QED) is 0.391. The van der Waals surface area contributed by atoms with Gasteiger partial charge in [0.1, 0.15) is 18.2 Å². The summed E-state index contributed by atoms with van der Waals surface area (Å²) >= 11 is 0. The van der Waals surface area contributed by atoms with E-state index >= 15 is 0 Å². The number of nitrogens with zero attached hydrogens (tertiary/aromatic N) is 4. The fourth-order valence-electron chi connectivity index (χ4n) is 2.05. The first-order chi connectivity index (χ1) is 11.6. The highest BCUT2D eigenvalue weighted by Gasteiger charge is 2.28. The molecular weight excluding hydrogens is 373 g/mol. The van der Waals surface area contributed by atoms with Gasteiger partial charge in [-0.1, -0.05) is 0 Å². The van der Waals surface area contributed by atoms with Crippen LogP contribution in [0.5, 0.6) is 0 Å². The molecule has 25 heavy (non-hydrogen) atoms. The van der Waals surface area contributed by atoms with Gasteiger partial charge in [0.15, 0.2) is 36.5 Å². The molecular formula is C14H28N5O3PSi2. The minimum absolute atomic E-state index is 0.389. The van der Waals surface area contributed by atoms with E-state index in [1.165, 1.54) is 6.33 Å². The molecule has 0 aliphatic carbocycles. The van der Waals surface area contributed by atoms with Gasteiger partial charge in [-0.25, -0.2) is 15.0 Å². The van der Waals surface area contributed by atoms with Gasteiger partial charge in [0.2, 0.25) is 0 Å². The lowest BCUT2D eigenvalue weighted by Crippen LogP contribution is -2.29. The Kier molecular flexibility index (Phi) is 6.69. The van der Waals surface area contributed by atoms with E-state index in [0.717, 1.165) is 5.65 Å². The Bertz CT molecular complexity index is 686. The molecule has 0 bridgehead atoms. The third kappa shape index (κ3) is 6.72. The van der Waals surface area contributed by atoms with Crippen LogP contribution in [0, 0.1) is 0 Å². The molecule has 0 fully saturated rings. The van der Waals surface area contributed by atoms with Crippen molar-refractivity contribution in [3.8, 4) is 0 Å². The summed E-state index contributed by atoms with van der Waals surface area (Å²) in [5.74, 6) is 0.389. The zero-order valence-electron chi connectivity index (χ0n) is 15.8. The maximum absolute atomic E-state index is 6.17. The largest absolute Gasteiger partial charge is 0.382 e. The van der Waals surface area contributed by atoms with Crippen molar-refractivity contribution in [2.24, 2.45) is 0 Å². The lowest BCUT2D eigenvalue weighted by molar-refractivity contribution is 0.160. The molecule has 2 heterocycles. The summed E-state index contributed by atoms with van der Waals surface area (Å²) in [5.41, 5.74) is 7.14. The van der Waals surface area contributed by atoms with Gasteiger partial charge in [0.05, 0.1) is 12.9 Å². The third-order valence-electron chi connectivity index (χ3n) is 2.85. The summed E-state index contributed by atoms with van der Waals surface area (Å²) in [4.78, 5) is 12.4. The predicted molar refractivity (Wildman–Crippen MR) is 106 cm³/mol. The van der Waals surface area contributed by atoms with E-state index in [9.17, 15) is 0 Å². The minimum atomic E-state index is -1.68. The Morgan fingerprint density at radius 1 is 1.04 bits per heavy atom. The van der Waals surface area contributed by atoms with Crippen LogP contribution in [-0.4, -0.2) is 49.1 Å². The number of ether oxygens (including phenoxy) is 1. The number of hydrogen-bond acceptors (Lipinski definition) is 7. The highest BCUT2D eigenvalue weighted by Crippen LogP contribution is 2.44. The number of imidazole rings is 1. The van der Waals surface area contributed by atoms with Gasteiger partial charge in [-0.3, -0.25) is 0 Å². The van der Waals surface area contributed by atoms with Crippen LogP contribution in [0.2, 0.25) is 39.3 Å². The second-order valence-corrected chi connectivity index (χ2v) is 18.5. The number of fused-ring (bicyclic) bond motifs is 1. The van der Waals surface area contributed by atoms with Crippen molar-refractivity contribution in [3.05, 3.63) is 12.7 Å². The second-order valence-electron chi connectivity index (χ2n) is 7.65. The monoisotopic (exact) mass is 401 g/mol. The zero-order valence-corrected chi connectivity index (χ0v) is 18.7. The van der Waals surface area contributed by atoms with E-state index in [0.29, 0.717) is 30.8 Å². The highest BCUT2D eigenvalue weighted by molar-refractivity contribution is 7.50. The summed E-state index contributed by atoms with van der Waals surface area (Å²) in [5, 5.41) is 0. The van der Waals surface area contributed by atoms with E-state index in [-0.39, 0.29) is 0 Å². The molecule has 0 unspecified atom stereocenters. The number of nitrogens with two attached hydrogens (primary N) is 1. The Labute approximate surface area is 152 Å². The molecule has 11 heteroatoms. The first kappa shape index (κ1) is 20.4. The first-order valence-electron chi connectivity index (χ1n) is 8.20. The van der Waals surface area contributed by atoms with Gasteiger partial charge in [0.25, 0.3) is 0 Å². The van der Waals surface area contributed by atoms with E-state index < -0.39 is 25.0 Å². The van der Waals surface area contributed by atoms with Gasteiger partial charge in [-0.2, -0.15) is 0 Å². The molecule has 2 rings (SSSR count). The van der Waals surface area contributed by atoms with Crippen LogP contribution in [0.15, 0.2) is 12.7 Å². The lowest BCUT2D eigenvalue weighted by atomic mass is 10.5. The molecule has 140 valence electrons. The molecule has 2 N–H and O–H groups in total. The lowest BCUT2D eigenvalue weighted by Gasteiger charge is -2.30. The van der Waals surface area contributed by atoms with Gasteiger partial charge in [-0.15, -0.1) is 0 Å². The average molecular weight is 402 g/mol. The van der Waals surface area contributed by atoms with Crippen LogP contribution in [0.1, 0.15) is 0 Å². The summed E-state index contributed by atoms with van der Waals surface area (Å²) in [7, 11) is -4.37.